The van der Waals surface area contributed by atoms with Gasteiger partial charge in [-0.3, -0.25) is 4.99 Å². The van der Waals surface area contributed by atoms with Gasteiger partial charge in [0, 0.05) is 0 Å². The Morgan fingerprint density at radius 3 is 2.70 bits per heavy atom. The molecule has 0 atom stereocenters. The average Bonchev–Trinajstić information content (AvgIpc) is 3.12. The highest BCUT2D eigenvalue weighted by Gasteiger charge is 2.17. The number of fused-ring (bicyclic) bond motifs is 3. The van der Waals surface area contributed by atoms with E-state index in [0.717, 1.165) is 17.9 Å². The zero-order valence-electron chi connectivity index (χ0n) is 10.9. The maximum absolute atomic E-state index is 5.25. The van der Waals surface area contributed by atoms with Crippen LogP contribution in [0.25, 0.3) is 11.1 Å². The summed E-state index contributed by atoms with van der Waals surface area (Å²) < 4.78 is 5.25. The Hall–Kier alpha value is -2.61. The monoisotopic (exact) mass is 259 g/mol. The summed E-state index contributed by atoms with van der Waals surface area (Å²) in [5.41, 5.74) is 6.39. The van der Waals surface area contributed by atoms with Crippen LogP contribution in [0.5, 0.6) is 0 Å². The molecule has 1 heterocycles. The highest BCUT2D eigenvalue weighted by molar-refractivity contribution is 5.81. The minimum Gasteiger partial charge on any atom is -0.463 e. The summed E-state index contributed by atoms with van der Waals surface area (Å²) in [6, 6.07) is 18.7. The minimum absolute atomic E-state index is 0.772. The Balaban J connectivity index is 1.69. The second-order valence-corrected chi connectivity index (χ2v) is 4.95. The fourth-order valence-corrected chi connectivity index (χ4v) is 2.71. The number of nitrogens with zero attached hydrogens (tertiary/aromatic N) is 1. The molecule has 0 saturated heterocycles. The van der Waals surface area contributed by atoms with Crippen molar-refractivity contribution in [2.24, 2.45) is 4.99 Å². The first-order chi connectivity index (χ1) is 9.90. The summed E-state index contributed by atoms with van der Waals surface area (Å²) in [5.74, 6) is 0.772. The van der Waals surface area contributed by atoms with Crippen LogP contribution in [0.4, 0.5) is 5.69 Å². The van der Waals surface area contributed by atoms with Crippen molar-refractivity contribution in [1.82, 2.24) is 0 Å². The third-order valence-corrected chi connectivity index (χ3v) is 3.66. The van der Waals surface area contributed by atoms with Gasteiger partial charge >= 0.3 is 0 Å². The van der Waals surface area contributed by atoms with Crippen molar-refractivity contribution in [3.63, 3.8) is 0 Å². The fraction of sp³-hybridized carbons (Fsp3) is 0.0556. The lowest BCUT2D eigenvalue weighted by Gasteiger charge is -2.01. The van der Waals surface area contributed by atoms with Crippen LogP contribution < -0.4 is 0 Å². The molecule has 20 heavy (non-hydrogen) atoms. The van der Waals surface area contributed by atoms with Gasteiger partial charge in [-0.25, -0.2) is 0 Å². The van der Waals surface area contributed by atoms with Crippen molar-refractivity contribution in [2.75, 3.05) is 0 Å². The van der Waals surface area contributed by atoms with Gasteiger partial charge in [-0.05, 0) is 52.9 Å². The molecule has 1 aromatic heterocycles. The molecule has 3 aromatic rings. The molecule has 4 rings (SSSR count). The van der Waals surface area contributed by atoms with E-state index in [-0.39, 0.29) is 0 Å². The molecule has 0 N–H and O–H groups in total. The van der Waals surface area contributed by atoms with E-state index in [1.165, 1.54) is 22.3 Å². The number of aliphatic imine (C=N–C) groups is 1. The van der Waals surface area contributed by atoms with Crippen LogP contribution in [0.15, 0.2) is 70.3 Å². The van der Waals surface area contributed by atoms with E-state index in [1.54, 1.807) is 12.5 Å². The molecule has 0 fully saturated rings. The predicted molar refractivity (Wildman–Crippen MR) is 80.6 cm³/mol. The summed E-state index contributed by atoms with van der Waals surface area (Å²) in [6.07, 6.45) is 4.40. The van der Waals surface area contributed by atoms with Crippen molar-refractivity contribution in [3.05, 3.63) is 77.7 Å². The van der Waals surface area contributed by atoms with Gasteiger partial charge in [0.15, 0.2) is 0 Å². The van der Waals surface area contributed by atoms with Crippen LogP contribution >= 0.6 is 0 Å². The van der Waals surface area contributed by atoms with Gasteiger partial charge in [-0.2, -0.15) is 0 Å². The van der Waals surface area contributed by atoms with Crippen LogP contribution in [0, 0.1) is 0 Å². The third-order valence-electron chi connectivity index (χ3n) is 3.66. The smallest absolute Gasteiger partial charge is 0.144 e. The normalized spacial score (nSPS) is 12.6. The van der Waals surface area contributed by atoms with E-state index in [2.05, 4.69) is 47.5 Å². The van der Waals surface area contributed by atoms with Gasteiger partial charge in [-0.15, -0.1) is 0 Å². The molecule has 0 radical (unpaired) electrons. The molecule has 2 heteroatoms. The lowest BCUT2D eigenvalue weighted by molar-refractivity contribution is 0.560. The first kappa shape index (κ1) is 11.2. The Bertz CT molecular complexity index is 785. The molecule has 0 saturated carbocycles. The quantitative estimate of drug-likeness (QED) is 0.483. The molecule has 0 aliphatic heterocycles. The SMILES string of the molecule is C(=Nc1ccc2c(c1)Cc1ccccc1-2)c1ccco1. The van der Waals surface area contributed by atoms with Crippen LogP contribution in [0.1, 0.15) is 16.9 Å². The molecule has 1 aliphatic carbocycles. The van der Waals surface area contributed by atoms with E-state index in [0.29, 0.717) is 0 Å². The predicted octanol–water partition coefficient (Wildman–Crippen LogP) is 4.60. The zero-order valence-corrected chi connectivity index (χ0v) is 10.9. The molecular formula is C18H13NO. The summed E-state index contributed by atoms with van der Waals surface area (Å²) in [6.45, 7) is 0. The molecule has 0 amide bonds. The summed E-state index contributed by atoms with van der Waals surface area (Å²) in [7, 11) is 0. The number of rotatable bonds is 2. The molecule has 0 unspecified atom stereocenters. The van der Waals surface area contributed by atoms with E-state index in [9.17, 15) is 0 Å². The van der Waals surface area contributed by atoms with Gasteiger partial charge in [0.25, 0.3) is 0 Å². The summed E-state index contributed by atoms with van der Waals surface area (Å²) in [5, 5.41) is 0. The van der Waals surface area contributed by atoms with Crippen LogP contribution in [-0.4, -0.2) is 6.21 Å². The molecule has 1 aliphatic rings. The van der Waals surface area contributed by atoms with E-state index in [1.807, 2.05) is 12.1 Å². The largest absolute Gasteiger partial charge is 0.463 e. The second-order valence-electron chi connectivity index (χ2n) is 4.95. The molecule has 0 spiro atoms. The van der Waals surface area contributed by atoms with Crippen molar-refractivity contribution in [2.45, 2.75) is 6.42 Å². The summed E-state index contributed by atoms with van der Waals surface area (Å²) in [4.78, 5) is 4.47. The Morgan fingerprint density at radius 1 is 0.900 bits per heavy atom. The molecule has 2 nitrogen and oxygen atoms in total. The lowest BCUT2D eigenvalue weighted by atomic mass is 10.1. The van der Waals surface area contributed by atoms with Crippen molar-refractivity contribution in [1.29, 1.82) is 0 Å². The first-order valence-electron chi connectivity index (χ1n) is 6.69. The highest BCUT2D eigenvalue weighted by atomic mass is 16.3. The summed E-state index contributed by atoms with van der Waals surface area (Å²) >= 11 is 0. The Morgan fingerprint density at radius 2 is 1.80 bits per heavy atom. The maximum atomic E-state index is 5.25. The zero-order chi connectivity index (χ0) is 13.4. The van der Waals surface area contributed by atoms with Gasteiger partial charge in [0.2, 0.25) is 0 Å². The van der Waals surface area contributed by atoms with Gasteiger partial charge < -0.3 is 4.42 Å². The Kier molecular flexibility index (Phi) is 2.52. The minimum atomic E-state index is 0.772. The van der Waals surface area contributed by atoms with Crippen LogP contribution in [0.3, 0.4) is 0 Å². The fourth-order valence-electron chi connectivity index (χ4n) is 2.71. The third kappa shape index (κ3) is 1.86. The van der Waals surface area contributed by atoms with Crippen LogP contribution in [-0.2, 0) is 6.42 Å². The average molecular weight is 259 g/mol. The van der Waals surface area contributed by atoms with Crippen molar-refractivity contribution >= 4 is 11.9 Å². The van der Waals surface area contributed by atoms with Crippen molar-refractivity contribution < 1.29 is 4.42 Å². The molecule has 2 aromatic carbocycles. The standard InChI is InChI=1S/C18H13NO/c1-2-6-17-13(4-1)10-14-11-15(7-8-18(14)17)19-12-16-5-3-9-20-16/h1-9,11-12H,10H2. The van der Waals surface area contributed by atoms with Gasteiger partial charge in [-0.1, -0.05) is 30.3 Å². The maximum Gasteiger partial charge on any atom is 0.144 e. The number of furan rings is 1. The van der Waals surface area contributed by atoms with Gasteiger partial charge in [0.1, 0.15) is 5.76 Å². The second kappa shape index (κ2) is 4.49. The molecule has 96 valence electrons. The number of benzene rings is 2. The number of hydrogen-bond donors (Lipinski definition) is 0. The van der Waals surface area contributed by atoms with Gasteiger partial charge in [0.05, 0.1) is 18.2 Å². The molecular weight excluding hydrogens is 246 g/mol. The van der Waals surface area contributed by atoms with Crippen molar-refractivity contribution in [3.8, 4) is 11.1 Å². The molecule has 0 bridgehead atoms. The number of hydrogen-bond acceptors (Lipinski definition) is 2. The van der Waals surface area contributed by atoms with E-state index in [4.69, 9.17) is 4.42 Å². The topological polar surface area (TPSA) is 25.5 Å². The lowest BCUT2D eigenvalue weighted by Crippen LogP contribution is -1.80. The first-order valence-corrected chi connectivity index (χ1v) is 6.69. The van der Waals surface area contributed by atoms with Crippen LogP contribution in [0.2, 0.25) is 0 Å². The van der Waals surface area contributed by atoms with E-state index >= 15 is 0 Å². The Labute approximate surface area is 117 Å². The highest BCUT2D eigenvalue weighted by Crippen LogP contribution is 2.37. The van der Waals surface area contributed by atoms with E-state index < -0.39 is 0 Å².